The lowest BCUT2D eigenvalue weighted by atomic mass is 9.91. The molecule has 1 heterocycles. The van der Waals surface area contributed by atoms with Crippen LogP contribution in [0.25, 0.3) is 10.3 Å². The number of benzene rings is 1. The molecule has 1 fully saturated rings. The Morgan fingerprint density at radius 3 is 2.90 bits per heavy atom. The first-order valence-corrected chi connectivity index (χ1v) is 7.23. The number of hydrogen-bond donors (Lipinski definition) is 1. The van der Waals surface area contributed by atoms with Gasteiger partial charge < -0.3 is 14.3 Å². The number of carboxylic acids is 1. The lowest BCUT2D eigenvalue weighted by Gasteiger charge is -2.15. The molecule has 3 rings (SSSR count). The quantitative estimate of drug-likeness (QED) is 0.917. The highest BCUT2D eigenvalue weighted by atomic mass is 32.1. The monoisotopic (exact) mass is 294 g/mol. The van der Waals surface area contributed by atoms with Crippen molar-refractivity contribution in [3.05, 3.63) is 27.4 Å². The second-order valence-electron chi connectivity index (χ2n) is 5.05. The van der Waals surface area contributed by atoms with Gasteiger partial charge in [0.15, 0.2) is 11.3 Å². The number of aliphatic carboxylic acids is 1. The summed E-state index contributed by atoms with van der Waals surface area (Å²) >= 11 is 1.01. The van der Waals surface area contributed by atoms with Gasteiger partial charge in [-0.05, 0) is 42.4 Å². The van der Waals surface area contributed by atoms with Gasteiger partial charge in [-0.15, -0.1) is 0 Å². The first-order valence-electron chi connectivity index (χ1n) is 6.42. The van der Waals surface area contributed by atoms with Gasteiger partial charge in [0.25, 0.3) is 0 Å². The minimum Gasteiger partial charge on any atom is -0.493 e. The van der Waals surface area contributed by atoms with E-state index in [0.29, 0.717) is 22.0 Å². The third kappa shape index (κ3) is 2.43. The van der Waals surface area contributed by atoms with Crippen molar-refractivity contribution in [2.24, 2.45) is 5.92 Å². The van der Waals surface area contributed by atoms with Crippen LogP contribution in [0.2, 0.25) is 0 Å². The van der Waals surface area contributed by atoms with Crippen molar-refractivity contribution in [1.29, 1.82) is 0 Å². The largest absolute Gasteiger partial charge is 0.493 e. The Kier molecular flexibility index (Phi) is 3.25. The Morgan fingerprint density at radius 2 is 2.30 bits per heavy atom. The first-order chi connectivity index (χ1) is 9.58. The molecule has 1 atom stereocenters. The van der Waals surface area contributed by atoms with Crippen LogP contribution in [0.15, 0.2) is 21.3 Å². The van der Waals surface area contributed by atoms with Gasteiger partial charge in [0.05, 0.1) is 18.2 Å². The molecule has 1 aromatic carbocycles. The molecule has 106 valence electrons. The number of carboxylic acid groups (broad SMARTS) is 1. The maximum absolute atomic E-state index is 11.4. The average molecular weight is 294 g/mol. The molecule has 1 saturated carbocycles. The van der Waals surface area contributed by atoms with Crippen LogP contribution in [0.5, 0.6) is 5.75 Å². The second kappa shape index (κ2) is 4.94. The van der Waals surface area contributed by atoms with Crippen LogP contribution in [0.1, 0.15) is 30.7 Å². The van der Waals surface area contributed by atoms with E-state index in [-0.39, 0.29) is 17.3 Å². The van der Waals surface area contributed by atoms with E-state index in [1.165, 1.54) is 7.11 Å². The lowest BCUT2D eigenvalue weighted by Crippen LogP contribution is -2.08. The molecule has 0 spiro atoms. The number of methoxy groups -OCH3 is 1. The van der Waals surface area contributed by atoms with Crippen molar-refractivity contribution < 1.29 is 19.1 Å². The smallest absolute Gasteiger partial charge is 0.396 e. The maximum atomic E-state index is 11.4. The molecule has 0 amide bonds. The number of rotatable bonds is 5. The lowest BCUT2D eigenvalue weighted by molar-refractivity contribution is -0.137. The molecular formula is C14H14O5S. The summed E-state index contributed by atoms with van der Waals surface area (Å²) in [6.07, 6.45) is 2.21. The molecule has 0 saturated heterocycles. The number of ether oxygens (including phenoxy) is 1. The summed E-state index contributed by atoms with van der Waals surface area (Å²) in [5, 5.41) is 9.07. The fraction of sp³-hybridized carbons (Fsp3) is 0.429. The van der Waals surface area contributed by atoms with Crippen LogP contribution >= 0.6 is 11.3 Å². The first kappa shape index (κ1) is 13.2. The molecule has 0 aliphatic heterocycles. The number of carbonyl (C=O) groups is 1. The fourth-order valence-corrected chi connectivity index (χ4v) is 3.31. The third-order valence-corrected chi connectivity index (χ3v) is 4.43. The van der Waals surface area contributed by atoms with Gasteiger partial charge in [0.1, 0.15) is 0 Å². The Hall–Kier alpha value is -1.82. The van der Waals surface area contributed by atoms with Gasteiger partial charge >= 0.3 is 10.9 Å². The molecule has 1 unspecified atom stereocenters. The molecule has 2 aromatic rings. The molecule has 0 radical (unpaired) electrons. The zero-order valence-electron chi connectivity index (χ0n) is 10.9. The minimum atomic E-state index is -0.804. The fourth-order valence-electron chi connectivity index (χ4n) is 2.58. The second-order valence-corrected chi connectivity index (χ2v) is 6.02. The Balaban J connectivity index is 2.09. The van der Waals surface area contributed by atoms with Gasteiger partial charge in [0, 0.05) is 0 Å². The Bertz CT molecular complexity index is 710. The van der Waals surface area contributed by atoms with Crippen molar-refractivity contribution in [3.63, 3.8) is 0 Å². The molecular weight excluding hydrogens is 280 g/mol. The van der Waals surface area contributed by atoms with Crippen LogP contribution in [-0.4, -0.2) is 18.2 Å². The van der Waals surface area contributed by atoms with Crippen LogP contribution in [0, 0.1) is 5.92 Å². The maximum Gasteiger partial charge on any atom is 0.396 e. The van der Waals surface area contributed by atoms with Crippen molar-refractivity contribution in [2.45, 2.75) is 25.2 Å². The van der Waals surface area contributed by atoms with Crippen LogP contribution in [0.3, 0.4) is 0 Å². The minimum absolute atomic E-state index is 0.0250. The molecule has 0 bridgehead atoms. The molecule has 6 heteroatoms. The molecule has 1 aliphatic carbocycles. The predicted molar refractivity (Wildman–Crippen MR) is 74.6 cm³/mol. The van der Waals surface area contributed by atoms with Gasteiger partial charge in [-0.1, -0.05) is 11.3 Å². The Labute approximate surface area is 118 Å². The highest BCUT2D eigenvalue weighted by Gasteiger charge is 2.34. The van der Waals surface area contributed by atoms with E-state index in [9.17, 15) is 9.59 Å². The summed E-state index contributed by atoms with van der Waals surface area (Å²) in [4.78, 5) is 22.0. The summed E-state index contributed by atoms with van der Waals surface area (Å²) in [5.41, 5.74) is 1.35. The van der Waals surface area contributed by atoms with E-state index >= 15 is 0 Å². The van der Waals surface area contributed by atoms with Crippen molar-refractivity contribution in [1.82, 2.24) is 0 Å². The molecule has 5 nitrogen and oxygen atoms in total. The normalized spacial score (nSPS) is 16.2. The summed E-state index contributed by atoms with van der Waals surface area (Å²) in [6.45, 7) is 0. The summed E-state index contributed by atoms with van der Waals surface area (Å²) in [5.74, 6) is 0.0770. The predicted octanol–water partition coefficient (Wildman–Crippen LogP) is 2.83. The third-order valence-electron chi connectivity index (χ3n) is 3.66. The van der Waals surface area contributed by atoms with E-state index in [1.807, 2.05) is 6.07 Å². The molecule has 1 aliphatic rings. The number of fused-ring (bicyclic) bond motifs is 1. The van der Waals surface area contributed by atoms with Crippen molar-refractivity contribution >= 4 is 27.6 Å². The van der Waals surface area contributed by atoms with E-state index in [2.05, 4.69) is 0 Å². The molecule has 1 aromatic heterocycles. The SMILES string of the molecule is COc1cc(C(CC(=O)O)C2CC2)cc2sc(=O)oc12. The van der Waals surface area contributed by atoms with Gasteiger partial charge in [-0.25, -0.2) is 4.79 Å². The van der Waals surface area contributed by atoms with Crippen molar-refractivity contribution in [2.75, 3.05) is 7.11 Å². The summed E-state index contributed by atoms with van der Waals surface area (Å²) < 4.78 is 11.1. The zero-order valence-corrected chi connectivity index (χ0v) is 11.7. The standard InChI is InChI=1S/C14H14O5S/c1-18-10-4-8(5-11-13(10)19-14(17)20-11)9(6-12(15)16)7-2-3-7/h4-5,7,9H,2-3,6H2,1H3,(H,15,16). The highest BCUT2D eigenvalue weighted by molar-refractivity contribution is 7.16. The number of hydrogen-bond acceptors (Lipinski definition) is 5. The van der Waals surface area contributed by atoms with Crippen molar-refractivity contribution in [3.8, 4) is 5.75 Å². The topological polar surface area (TPSA) is 76.7 Å². The van der Waals surface area contributed by atoms with Crippen LogP contribution < -0.4 is 9.68 Å². The highest BCUT2D eigenvalue weighted by Crippen LogP contribution is 2.46. The van der Waals surface area contributed by atoms with E-state index in [4.69, 9.17) is 14.3 Å². The molecule has 1 N–H and O–H groups in total. The van der Waals surface area contributed by atoms with E-state index < -0.39 is 5.97 Å². The van der Waals surface area contributed by atoms with Crippen LogP contribution in [0.4, 0.5) is 0 Å². The average Bonchev–Trinajstić information content (AvgIpc) is 3.16. The summed E-state index contributed by atoms with van der Waals surface area (Å²) in [6, 6.07) is 3.66. The van der Waals surface area contributed by atoms with Gasteiger partial charge in [-0.3, -0.25) is 4.79 Å². The van der Waals surface area contributed by atoms with Gasteiger partial charge in [0.2, 0.25) is 0 Å². The van der Waals surface area contributed by atoms with E-state index in [1.54, 1.807) is 6.07 Å². The zero-order chi connectivity index (χ0) is 14.3. The summed E-state index contributed by atoms with van der Waals surface area (Å²) in [7, 11) is 1.51. The van der Waals surface area contributed by atoms with E-state index in [0.717, 1.165) is 29.7 Å². The van der Waals surface area contributed by atoms with Crippen LogP contribution in [-0.2, 0) is 4.79 Å². The van der Waals surface area contributed by atoms with Gasteiger partial charge in [-0.2, -0.15) is 0 Å². The Morgan fingerprint density at radius 1 is 1.55 bits per heavy atom. The molecule has 20 heavy (non-hydrogen) atoms.